The van der Waals surface area contributed by atoms with Gasteiger partial charge < -0.3 is 14.8 Å². The van der Waals surface area contributed by atoms with E-state index in [2.05, 4.69) is 10.3 Å². The van der Waals surface area contributed by atoms with E-state index in [4.69, 9.17) is 9.47 Å². The van der Waals surface area contributed by atoms with Crippen LogP contribution in [-0.2, 0) is 20.9 Å². The van der Waals surface area contributed by atoms with Crippen molar-refractivity contribution in [3.05, 3.63) is 59.7 Å². The molecule has 2 aromatic rings. The Morgan fingerprint density at radius 1 is 1.12 bits per heavy atom. The van der Waals surface area contributed by atoms with Crippen LogP contribution in [0.15, 0.2) is 53.5 Å². The molecular weight excluding hydrogens is 442 g/mol. The average molecular weight is 470 g/mol. The van der Waals surface area contributed by atoms with Crippen molar-refractivity contribution < 1.29 is 23.9 Å². The Morgan fingerprint density at radius 3 is 2.42 bits per heavy atom. The predicted octanol–water partition coefficient (Wildman–Crippen LogP) is 3.53. The molecule has 1 fully saturated rings. The molecule has 0 aliphatic carbocycles. The van der Waals surface area contributed by atoms with Crippen LogP contribution in [0.5, 0.6) is 5.75 Å². The topological polar surface area (TPSA) is 97.3 Å². The van der Waals surface area contributed by atoms with Gasteiger partial charge in [0.05, 0.1) is 36.8 Å². The van der Waals surface area contributed by atoms with Gasteiger partial charge in [0, 0.05) is 13.0 Å². The zero-order valence-corrected chi connectivity index (χ0v) is 19.7. The minimum absolute atomic E-state index is 0.0907. The molecule has 1 atom stereocenters. The third kappa shape index (κ3) is 6.35. The summed E-state index contributed by atoms with van der Waals surface area (Å²) in [5.41, 5.74) is 1.89. The first-order valence-corrected chi connectivity index (χ1v) is 11.6. The molecule has 174 valence electrons. The third-order valence-electron chi connectivity index (χ3n) is 4.89. The number of nitrogens with one attached hydrogen (secondary N) is 1. The van der Waals surface area contributed by atoms with Crippen molar-refractivity contribution >= 4 is 40.4 Å². The molecule has 2 amide bonds. The largest absolute Gasteiger partial charge is 0.497 e. The highest BCUT2D eigenvalue weighted by Crippen LogP contribution is 2.30. The lowest BCUT2D eigenvalue weighted by atomic mass is 10.2. The fraction of sp³-hybridized carbons (Fsp3) is 0.333. The second kappa shape index (κ2) is 11.5. The number of methoxy groups -OCH3 is 1. The molecule has 1 aliphatic heterocycles. The van der Waals surface area contributed by atoms with Crippen LogP contribution in [0.25, 0.3) is 0 Å². The molecule has 3 rings (SSSR count). The van der Waals surface area contributed by atoms with Crippen LogP contribution in [0.3, 0.4) is 0 Å². The van der Waals surface area contributed by atoms with Crippen LogP contribution in [0, 0.1) is 0 Å². The van der Waals surface area contributed by atoms with Crippen LogP contribution in [0.2, 0.25) is 0 Å². The van der Waals surface area contributed by atoms with Gasteiger partial charge >= 0.3 is 5.97 Å². The van der Waals surface area contributed by atoms with E-state index >= 15 is 0 Å². The Hall–Kier alpha value is -3.33. The van der Waals surface area contributed by atoms with Crippen molar-refractivity contribution in [1.82, 2.24) is 10.2 Å². The van der Waals surface area contributed by atoms with Crippen molar-refractivity contribution in [2.45, 2.75) is 32.1 Å². The van der Waals surface area contributed by atoms with Crippen LogP contribution >= 0.6 is 11.8 Å². The van der Waals surface area contributed by atoms with E-state index in [-0.39, 0.29) is 18.2 Å². The number of ether oxygens (including phenoxy) is 2. The van der Waals surface area contributed by atoms with Crippen molar-refractivity contribution in [3.63, 3.8) is 0 Å². The van der Waals surface area contributed by atoms with Crippen molar-refractivity contribution in [3.8, 4) is 5.75 Å². The van der Waals surface area contributed by atoms with Gasteiger partial charge in [-0.2, -0.15) is 0 Å². The highest BCUT2D eigenvalue weighted by Gasteiger charge is 2.35. The lowest BCUT2D eigenvalue weighted by molar-refractivity contribution is -0.130. The SMILES string of the molecule is CCNC(=O)C1CC(=O)N(Cc2ccc(OC)cc2)C(=Nc2ccc(C(=O)OCC)cc2)S1. The summed E-state index contributed by atoms with van der Waals surface area (Å²) in [6, 6.07) is 14.1. The highest BCUT2D eigenvalue weighted by atomic mass is 32.2. The van der Waals surface area contributed by atoms with Gasteiger partial charge in [0.2, 0.25) is 11.8 Å². The lowest BCUT2D eigenvalue weighted by Gasteiger charge is -2.31. The Labute approximate surface area is 197 Å². The molecular formula is C24H27N3O5S. The quantitative estimate of drug-likeness (QED) is 0.594. The Morgan fingerprint density at radius 2 is 1.82 bits per heavy atom. The normalized spacial score (nSPS) is 17.1. The van der Waals surface area contributed by atoms with E-state index in [1.165, 1.54) is 11.8 Å². The van der Waals surface area contributed by atoms with Gasteiger partial charge in [-0.05, 0) is 55.8 Å². The monoisotopic (exact) mass is 469 g/mol. The highest BCUT2D eigenvalue weighted by molar-refractivity contribution is 8.15. The smallest absolute Gasteiger partial charge is 0.338 e. The maximum Gasteiger partial charge on any atom is 0.338 e. The predicted molar refractivity (Wildman–Crippen MR) is 128 cm³/mol. The lowest BCUT2D eigenvalue weighted by Crippen LogP contribution is -2.46. The second-order valence-electron chi connectivity index (χ2n) is 7.19. The van der Waals surface area contributed by atoms with Crippen LogP contribution in [0.1, 0.15) is 36.2 Å². The number of amides is 2. The number of nitrogens with zero attached hydrogens (tertiary/aromatic N) is 2. The zero-order chi connectivity index (χ0) is 23.8. The maximum atomic E-state index is 13.0. The number of benzene rings is 2. The average Bonchev–Trinajstić information content (AvgIpc) is 2.82. The molecule has 1 N–H and O–H groups in total. The standard InChI is InChI=1S/C24H27N3O5S/c1-4-25-22(29)20-14-21(28)27(15-16-6-12-19(31-3)13-7-16)24(33-20)26-18-10-8-17(9-11-18)23(30)32-5-2/h6-13,20H,4-5,14-15H2,1-3H3,(H,25,29). The molecule has 8 nitrogen and oxygen atoms in total. The first kappa shape index (κ1) is 24.3. The van der Waals surface area contributed by atoms with Crippen LogP contribution in [-0.4, -0.2) is 53.4 Å². The first-order valence-electron chi connectivity index (χ1n) is 10.7. The van der Waals surface area contributed by atoms with Gasteiger partial charge in [-0.25, -0.2) is 9.79 Å². The Kier molecular flexibility index (Phi) is 8.48. The zero-order valence-electron chi connectivity index (χ0n) is 18.9. The number of hydrogen-bond acceptors (Lipinski definition) is 7. The van der Waals surface area contributed by atoms with E-state index in [1.807, 2.05) is 31.2 Å². The molecule has 1 unspecified atom stereocenters. The Bertz CT molecular complexity index is 1020. The van der Waals surface area contributed by atoms with Crippen LogP contribution < -0.4 is 10.1 Å². The van der Waals surface area contributed by atoms with Gasteiger partial charge in [-0.1, -0.05) is 23.9 Å². The fourth-order valence-electron chi connectivity index (χ4n) is 3.20. The fourth-order valence-corrected chi connectivity index (χ4v) is 4.32. The van der Waals surface area contributed by atoms with Gasteiger partial charge in [0.1, 0.15) is 5.75 Å². The van der Waals surface area contributed by atoms with Gasteiger partial charge in [0.15, 0.2) is 5.17 Å². The first-order chi connectivity index (χ1) is 15.9. The molecule has 1 aliphatic rings. The summed E-state index contributed by atoms with van der Waals surface area (Å²) in [4.78, 5) is 43.6. The minimum Gasteiger partial charge on any atom is -0.497 e. The van der Waals surface area contributed by atoms with E-state index < -0.39 is 11.2 Å². The molecule has 0 spiro atoms. The van der Waals surface area contributed by atoms with Crippen molar-refractivity contribution in [2.75, 3.05) is 20.3 Å². The minimum atomic E-state index is -0.554. The number of aliphatic imine (C=N–C) groups is 1. The van der Waals surface area contributed by atoms with Crippen LogP contribution in [0.4, 0.5) is 5.69 Å². The summed E-state index contributed by atoms with van der Waals surface area (Å²) < 4.78 is 10.2. The second-order valence-corrected chi connectivity index (χ2v) is 8.36. The number of rotatable bonds is 8. The summed E-state index contributed by atoms with van der Waals surface area (Å²) in [6.45, 7) is 4.68. The molecule has 0 aromatic heterocycles. The molecule has 2 aromatic carbocycles. The maximum absolute atomic E-state index is 13.0. The van der Waals surface area contributed by atoms with E-state index in [1.54, 1.807) is 43.2 Å². The molecule has 9 heteroatoms. The summed E-state index contributed by atoms with van der Waals surface area (Å²) in [7, 11) is 1.60. The molecule has 33 heavy (non-hydrogen) atoms. The van der Waals surface area contributed by atoms with E-state index in [0.717, 1.165) is 11.3 Å². The van der Waals surface area contributed by atoms with Crippen molar-refractivity contribution in [1.29, 1.82) is 0 Å². The third-order valence-corrected chi connectivity index (χ3v) is 6.07. The van der Waals surface area contributed by atoms with Gasteiger partial charge in [-0.15, -0.1) is 0 Å². The molecule has 1 saturated heterocycles. The number of esters is 1. The molecule has 0 saturated carbocycles. The van der Waals surface area contributed by atoms with E-state index in [0.29, 0.717) is 36.1 Å². The number of thioether (sulfide) groups is 1. The summed E-state index contributed by atoms with van der Waals surface area (Å²) in [5, 5.41) is 2.66. The van der Waals surface area contributed by atoms with Gasteiger partial charge in [0.25, 0.3) is 0 Å². The summed E-state index contributed by atoms with van der Waals surface area (Å²) in [5.74, 6) is -0.0469. The number of amidine groups is 1. The number of carbonyl (C=O) groups is 3. The molecule has 1 heterocycles. The number of hydrogen-bond donors (Lipinski definition) is 1. The summed E-state index contributed by atoms with van der Waals surface area (Å²) >= 11 is 1.26. The van der Waals surface area contributed by atoms with Crippen molar-refractivity contribution in [2.24, 2.45) is 4.99 Å². The Balaban J connectivity index is 1.88. The number of carbonyl (C=O) groups excluding carboxylic acids is 3. The van der Waals surface area contributed by atoms with E-state index in [9.17, 15) is 14.4 Å². The molecule has 0 bridgehead atoms. The molecule has 0 radical (unpaired) electrons. The van der Waals surface area contributed by atoms with Gasteiger partial charge in [-0.3, -0.25) is 14.5 Å². The summed E-state index contributed by atoms with van der Waals surface area (Å²) in [6.07, 6.45) is 0.0907.